The van der Waals surface area contributed by atoms with Crippen LogP contribution in [0, 0.1) is 25.5 Å². The first kappa shape index (κ1) is 15.6. The van der Waals surface area contributed by atoms with Crippen LogP contribution >= 0.6 is 0 Å². The van der Waals surface area contributed by atoms with E-state index < -0.39 is 11.6 Å². The molecule has 0 spiro atoms. The smallest absolute Gasteiger partial charge is 0.126 e. The standard InChI is InChI=1S/C16H21F2N3/c1-11-7-12(2)21(20-11)6-4-5-19-13(3)14-8-15(17)10-16(18)9-14/h7-10,13,19H,4-6H2,1-3H3. The first-order chi connectivity index (χ1) is 9.95. The van der Waals surface area contributed by atoms with Gasteiger partial charge in [0.2, 0.25) is 0 Å². The van der Waals surface area contributed by atoms with Crippen LogP contribution in [-0.2, 0) is 6.54 Å². The van der Waals surface area contributed by atoms with Crippen LogP contribution in [0.1, 0.15) is 36.3 Å². The van der Waals surface area contributed by atoms with Crippen LogP contribution in [0.15, 0.2) is 24.3 Å². The van der Waals surface area contributed by atoms with E-state index in [1.54, 1.807) is 0 Å². The Labute approximate surface area is 124 Å². The fraction of sp³-hybridized carbons (Fsp3) is 0.438. The van der Waals surface area contributed by atoms with Gasteiger partial charge in [0, 0.05) is 24.3 Å². The van der Waals surface area contributed by atoms with Crippen molar-refractivity contribution in [1.82, 2.24) is 15.1 Å². The highest BCUT2D eigenvalue weighted by Crippen LogP contribution is 2.15. The van der Waals surface area contributed by atoms with E-state index in [4.69, 9.17) is 0 Å². The normalized spacial score (nSPS) is 12.6. The fourth-order valence-electron chi connectivity index (χ4n) is 2.39. The quantitative estimate of drug-likeness (QED) is 0.826. The maximum atomic E-state index is 13.2. The number of aromatic nitrogens is 2. The number of hydrogen-bond donors (Lipinski definition) is 1. The van der Waals surface area contributed by atoms with Crippen molar-refractivity contribution in [2.24, 2.45) is 0 Å². The molecule has 0 aliphatic rings. The number of benzene rings is 1. The summed E-state index contributed by atoms with van der Waals surface area (Å²) in [7, 11) is 0. The Hall–Kier alpha value is -1.75. The third-order valence-corrected chi connectivity index (χ3v) is 3.49. The fourth-order valence-corrected chi connectivity index (χ4v) is 2.39. The molecule has 3 nitrogen and oxygen atoms in total. The summed E-state index contributed by atoms with van der Waals surface area (Å²) in [4.78, 5) is 0. The molecule has 1 N–H and O–H groups in total. The van der Waals surface area contributed by atoms with Gasteiger partial charge in [-0.2, -0.15) is 5.10 Å². The molecule has 0 fully saturated rings. The Morgan fingerprint density at radius 1 is 1.14 bits per heavy atom. The van der Waals surface area contributed by atoms with Crippen molar-refractivity contribution in [3.8, 4) is 0 Å². The number of hydrogen-bond acceptors (Lipinski definition) is 2. The van der Waals surface area contributed by atoms with Crippen molar-refractivity contribution in [3.63, 3.8) is 0 Å². The van der Waals surface area contributed by atoms with Gasteiger partial charge in [0.05, 0.1) is 5.69 Å². The van der Waals surface area contributed by atoms with Crippen molar-refractivity contribution in [2.75, 3.05) is 6.54 Å². The van der Waals surface area contributed by atoms with Crippen LogP contribution in [0.2, 0.25) is 0 Å². The summed E-state index contributed by atoms with van der Waals surface area (Å²) in [5.74, 6) is -1.08. The molecule has 0 bridgehead atoms. The lowest BCUT2D eigenvalue weighted by molar-refractivity contribution is 0.495. The van der Waals surface area contributed by atoms with Gasteiger partial charge in [0.1, 0.15) is 11.6 Å². The van der Waals surface area contributed by atoms with Crippen LogP contribution in [-0.4, -0.2) is 16.3 Å². The SMILES string of the molecule is Cc1cc(C)n(CCCNC(C)c2cc(F)cc(F)c2)n1. The largest absolute Gasteiger partial charge is 0.310 e. The topological polar surface area (TPSA) is 29.9 Å². The van der Waals surface area contributed by atoms with E-state index in [0.717, 1.165) is 37.0 Å². The number of aryl methyl sites for hydroxylation is 3. The number of nitrogens with zero attached hydrogens (tertiary/aromatic N) is 2. The third-order valence-electron chi connectivity index (χ3n) is 3.49. The molecular weight excluding hydrogens is 272 g/mol. The van der Waals surface area contributed by atoms with Crippen LogP contribution in [0.25, 0.3) is 0 Å². The number of halogens is 2. The van der Waals surface area contributed by atoms with Gasteiger partial charge in [-0.15, -0.1) is 0 Å². The first-order valence-electron chi connectivity index (χ1n) is 7.16. The van der Waals surface area contributed by atoms with E-state index in [1.165, 1.54) is 12.1 Å². The molecule has 1 atom stereocenters. The molecule has 0 saturated carbocycles. The highest BCUT2D eigenvalue weighted by molar-refractivity contribution is 5.20. The molecule has 0 radical (unpaired) electrons. The van der Waals surface area contributed by atoms with Crippen molar-refractivity contribution in [2.45, 2.75) is 39.8 Å². The lowest BCUT2D eigenvalue weighted by Gasteiger charge is -2.14. The minimum Gasteiger partial charge on any atom is -0.310 e. The monoisotopic (exact) mass is 293 g/mol. The van der Waals surface area contributed by atoms with Gasteiger partial charge in [-0.05, 0) is 57.5 Å². The van der Waals surface area contributed by atoms with Crippen molar-refractivity contribution < 1.29 is 8.78 Å². The molecule has 0 aliphatic carbocycles. The van der Waals surface area contributed by atoms with E-state index >= 15 is 0 Å². The Morgan fingerprint density at radius 3 is 2.38 bits per heavy atom. The number of nitrogens with one attached hydrogen (secondary N) is 1. The van der Waals surface area contributed by atoms with E-state index in [-0.39, 0.29) is 6.04 Å². The van der Waals surface area contributed by atoms with E-state index in [0.29, 0.717) is 5.56 Å². The molecule has 2 rings (SSSR count). The van der Waals surface area contributed by atoms with Crippen molar-refractivity contribution in [3.05, 3.63) is 52.9 Å². The summed E-state index contributed by atoms with van der Waals surface area (Å²) in [5, 5.41) is 7.67. The molecule has 5 heteroatoms. The predicted octanol–water partition coefficient (Wildman–Crippen LogP) is 3.52. The molecule has 1 unspecified atom stereocenters. The highest BCUT2D eigenvalue weighted by Gasteiger charge is 2.08. The zero-order valence-corrected chi connectivity index (χ0v) is 12.7. The summed E-state index contributed by atoms with van der Waals surface area (Å²) in [5.41, 5.74) is 2.79. The molecule has 0 saturated heterocycles. The average molecular weight is 293 g/mol. The van der Waals surface area contributed by atoms with Crippen molar-refractivity contribution in [1.29, 1.82) is 0 Å². The van der Waals surface area contributed by atoms with Crippen LogP contribution in [0.4, 0.5) is 8.78 Å². The zero-order valence-electron chi connectivity index (χ0n) is 12.7. The Balaban J connectivity index is 1.81. The minimum atomic E-state index is -0.540. The Kier molecular flexibility index (Phi) is 5.07. The lowest BCUT2D eigenvalue weighted by Crippen LogP contribution is -2.21. The molecule has 1 heterocycles. The summed E-state index contributed by atoms with van der Waals surface area (Å²) in [6.07, 6.45) is 0.907. The van der Waals surface area contributed by atoms with E-state index in [2.05, 4.69) is 10.4 Å². The minimum absolute atomic E-state index is 0.0874. The van der Waals surface area contributed by atoms with E-state index in [1.807, 2.05) is 31.5 Å². The number of rotatable bonds is 6. The van der Waals surface area contributed by atoms with Gasteiger partial charge < -0.3 is 5.32 Å². The van der Waals surface area contributed by atoms with Crippen molar-refractivity contribution >= 4 is 0 Å². The van der Waals surface area contributed by atoms with Crippen LogP contribution in [0.5, 0.6) is 0 Å². The maximum absolute atomic E-state index is 13.2. The molecule has 1 aromatic carbocycles. The molecule has 0 amide bonds. The lowest BCUT2D eigenvalue weighted by atomic mass is 10.1. The maximum Gasteiger partial charge on any atom is 0.126 e. The van der Waals surface area contributed by atoms with Gasteiger partial charge in [-0.1, -0.05) is 0 Å². The van der Waals surface area contributed by atoms with Gasteiger partial charge >= 0.3 is 0 Å². The highest BCUT2D eigenvalue weighted by atomic mass is 19.1. The van der Waals surface area contributed by atoms with Gasteiger partial charge in [-0.25, -0.2) is 8.78 Å². The Morgan fingerprint density at radius 2 is 1.81 bits per heavy atom. The Bertz CT molecular complexity index is 587. The summed E-state index contributed by atoms with van der Waals surface area (Å²) in [6, 6.07) is 5.57. The average Bonchev–Trinajstić information content (AvgIpc) is 2.71. The molecular formula is C16H21F2N3. The first-order valence-corrected chi connectivity index (χ1v) is 7.16. The predicted molar refractivity (Wildman–Crippen MR) is 79.1 cm³/mol. The molecule has 2 aromatic rings. The van der Waals surface area contributed by atoms with Gasteiger partial charge in [-0.3, -0.25) is 4.68 Å². The van der Waals surface area contributed by atoms with E-state index in [9.17, 15) is 8.78 Å². The summed E-state index contributed by atoms with van der Waals surface area (Å²) >= 11 is 0. The molecule has 0 aliphatic heterocycles. The zero-order chi connectivity index (χ0) is 15.4. The van der Waals surface area contributed by atoms with Gasteiger partial charge in [0.25, 0.3) is 0 Å². The van der Waals surface area contributed by atoms with Gasteiger partial charge in [0.15, 0.2) is 0 Å². The van der Waals surface area contributed by atoms with Crippen LogP contribution in [0.3, 0.4) is 0 Å². The molecule has 114 valence electrons. The summed E-state index contributed by atoms with van der Waals surface area (Å²) in [6.45, 7) is 7.50. The third kappa shape index (κ3) is 4.36. The second-order valence-electron chi connectivity index (χ2n) is 5.38. The second kappa shape index (κ2) is 6.80. The second-order valence-corrected chi connectivity index (χ2v) is 5.38. The van der Waals surface area contributed by atoms with Crippen LogP contribution < -0.4 is 5.32 Å². The summed E-state index contributed by atoms with van der Waals surface area (Å²) < 4.78 is 28.3. The molecule has 1 aromatic heterocycles. The molecule has 21 heavy (non-hydrogen) atoms.